The standard InChI is InChI=1S/C20H17Cl2N5O2/c21-14-6-5-13(16(22)8-14)9-26-20(29)12-3-1-11(2-4-12)7-15-10-25-18(23)17(27-15)19(24)28/h1-6,8,10H,7,9H2,(H2,23,25)(H2,24,28)(H,26,29). The van der Waals surface area contributed by atoms with Gasteiger partial charge in [-0.2, -0.15) is 0 Å². The van der Waals surface area contributed by atoms with Gasteiger partial charge in [0.25, 0.3) is 11.8 Å². The second-order valence-electron chi connectivity index (χ2n) is 6.25. The predicted octanol–water partition coefficient (Wildman–Crippen LogP) is 2.99. The van der Waals surface area contributed by atoms with Crippen LogP contribution in [0.3, 0.4) is 0 Å². The molecule has 3 aromatic rings. The Bertz CT molecular complexity index is 1070. The maximum Gasteiger partial charge on any atom is 0.271 e. The molecule has 0 atom stereocenters. The fourth-order valence-corrected chi connectivity index (χ4v) is 3.10. The lowest BCUT2D eigenvalue weighted by Gasteiger charge is -2.08. The molecule has 0 bridgehead atoms. The summed E-state index contributed by atoms with van der Waals surface area (Å²) in [6.07, 6.45) is 1.90. The maximum absolute atomic E-state index is 12.4. The molecule has 2 aromatic carbocycles. The number of carbonyl (C=O) groups excluding carboxylic acids is 2. The summed E-state index contributed by atoms with van der Waals surface area (Å²) in [5.74, 6) is -0.968. The third-order valence-electron chi connectivity index (χ3n) is 4.14. The number of anilines is 1. The Hall–Kier alpha value is -3.16. The Morgan fingerprint density at radius 1 is 1.07 bits per heavy atom. The highest BCUT2D eigenvalue weighted by molar-refractivity contribution is 6.35. The summed E-state index contributed by atoms with van der Waals surface area (Å²) in [5, 5.41) is 3.85. The van der Waals surface area contributed by atoms with Crippen molar-refractivity contribution >= 4 is 40.8 Å². The number of hydrogen-bond donors (Lipinski definition) is 3. The lowest BCUT2D eigenvalue weighted by atomic mass is 10.1. The lowest BCUT2D eigenvalue weighted by Crippen LogP contribution is -2.22. The molecule has 1 aromatic heterocycles. The van der Waals surface area contributed by atoms with Crippen LogP contribution in [0.15, 0.2) is 48.7 Å². The Kier molecular flexibility index (Phi) is 6.31. The first-order valence-corrected chi connectivity index (χ1v) is 9.31. The third kappa shape index (κ3) is 5.22. The number of aromatic nitrogens is 2. The molecule has 29 heavy (non-hydrogen) atoms. The molecule has 148 valence electrons. The summed E-state index contributed by atoms with van der Waals surface area (Å²) in [6.45, 7) is 0.285. The molecule has 0 fully saturated rings. The van der Waals surface area contributed by atoms with E-state index in [0.29, 0.717) is 27.7 Å². The SMILES string of the molecule is NC(=O)c1nc(Cc2ccc(C(=O)NCc3ccc(Cl)cc3Cl)cc2)cnc1N. The summed E-state index contributed by atoms with van der Waals surface area (Å²) in [4.78, 5) is 31.8. The molecule has 7 nitrogen and oxygen atoms in total. The van der Waals surface area contributed by atoms with E-state index in [4.69, 9.17) is 34.7 Å². The van der Waals surface area contributed by atoms with E-state index in [1.807, 2.05) is 0 Å². The van der Waals surface area contributed by atoms with Gasteiger partial charge in [0.1, 0.15) is 0 Å². The van der Waals surface area contributed by atoms with Gasteiger partial charge in [0.2, 0.25) is 0 Å². The highest BCUT2D eigenvalue weighted by Crippen LogP contribution is 2.21. The number of amides is 2. The average Bonchev–Trinajstić information content (AvgIpc) is 2.69. The number of primary amides is 1. The lowest BCUT2D eigenvalue weighted by molar-refractivity contribution is 0.0949. The summed E-state index contributed by atoms with van der Waals surface area (Å²) in [7, 11) is 0. The number of nitrogens with zero attached hydrogens (tertiary/aromatic N) is 2. The monoisotopic (exact) mass is 429 g/mol. The normalized spacial score (nSPS) is 10.6. The van der Waals surface area contributed by atoms with E-state index in [9.17, 15) is 9.59 Å². The summed E-state index contributed by atoms with van der Waals surface area (Å²) in [5.41, 5.74) is 13.5. The van der Waals surface area contributed by atoms with E-state index in [0.717, 1.165) is 11.1 Å². The molecule has 3 rings (SSSR count). The largest absolute Gasteiger partial charge is 0.382 e. The number of rotatable bonds is 6. The Labute approximate surface area is 177 Å². The van der Waals surface area contributed by atoms with Crippen molar-refractivity contribution in [1.29, 1.82) is 0 Å². The molecule has 0 aliphatic rings. The van der Waals surface area contributed by atoms with Gasteiger partial charge in [0.05, 0.1) is 11.9 Å². The van der Waals surface area contributed by atoms with Gasteiger partial charge in [0, 0.05) is 28.6 Å². The predicted molar refractivity (Wildman–Crippen MR) is 112 cm³/mol. The summed E-state index contributed by atoms with van der Waals surface area (Å²) < 4.78 is 0. The first-order chi connectivity index (χ1) is 13.8. The van der Waals surface area contributed by atoms with E-state index >= 15 is 0 Å². The molecule has 0 spiro atoms. The van der Waals surface area contributed by atoms with Crippen molar-refractivity contribution in [2.75, 3.05) is 5.73 Å². The highest BCUT2D eigenvalue weighted by atomic mass is 35.5. The van der Waals surface area contributed by atoms with E-state index in [2.05, 4.69) is 15.3 Å². The van der Waals surface area contributed by atoms with Crippen LogP contribution in [-0.4, -0.2) is 21.8 Å². The molecule has 0 saturated carbocycles. The number of nitrogen functional groups attached to an aromatic ring is 1. The van der Waals surface area contributed by atoms with Crippen molar-refractivity contribution in [3.63, 3.8) is 0 Å². The van der Waals surface area contributed by atoms with Gasteiger partial charge in [-0.1, -0.05) is 41.4 Å². The van der Waals surface area contributed by atoms with E-state index in [1.54, 1.807) is 42.5 Å². The van der Waals surface area contributed by atoms with Crippen molar-refractivity contribution in [1.82, 2.24) is 15.3 Å². The van der Waals surface area contributed by atoms with Crippen molar-refractivity contribution in [3.8, 4) is 0 Å². The number of benzene rings is 2. The topological polar surface area (TPSA) is 124 Å². The molecule has 0 aliphatic carbocycles. The average molecular weight is 430 g/mol. The van der Waals surface area contributed by atoms with Crippen LogP contribution in [-0.2, 0) is 13.0 Å². The molecule has 1 heterocycles. The summed E-state index contributed by atoms with van der Waals surface area (Å²) in [6, 6.07) is 12.1. The zero-order chi connectivity index (χ0) is 21.0. The fraction of sp³-hybridized carbons (Fsp3) is 0.100. The molecule has 9 heteroatoms. The number of halogens is 2. The second-order valence-corrected chi connectivity index (χ2v) is 7.10. The number of nitrogens with one attached hydrogen (secondary N) is 1. The van der Waals surface area contributed by atoms with Crippen molar-refractivity contribution in [2.24, 2.45) is 5.73 Å². The zero-order valence-corrected chi connectivity index (χ0v) is 16.7. The molecule has 0 unspecified atom stereocenters. The molecule has 2 amide bonds. The van der Waals surface area contributed by atoms with Gasteiger partial charge in [-0.3, -0.25) is 9.59 Å². The van der Waals surface area contributed by atoms with E-state index in [1.165, 1.54) is 6.20 Å². The van der Waals surface area contributed by atoms with E-state index in [-0.39, 0.29) is 24.0 Å². The van der Waals surface area contributed by atoms with Gasteiger partial charge < -0.3 is 16.8 Å². The molecular weight excluding hydrogens is 413 g/mol. The molecule has 0 radical (unpaired) electrons. The minimum Gasteiger partial charge on any atom is -0.382 e. The van der Waals surface area contributed by atoms with Crippen LogP contribution in [0.1, 0.15) is 37.7 Å². The first-order valence-electron chi connectivity index (χ1n) is 8.55. The van der Waals surface area contributed by atoms with Gasteiger partial charge in [-0.15, -0.1) is 0 Å². The molecule has 0 saturated heterocycles. The minimum absolute atomic E-state index is 0.00550. The Balaban J connectivity index is 1.64. The minimum atomic E-state index is -0.732. The highest BCUT2D eigenvalue weighted by Gasteiger charge is 2.11. The number of hydrogen-bond acceptors (Lipinski definition) is 5. The van der Waals surface area contributed by atoms with Crippen LogP contribution in [0.2, 0.25) is 10.0 Å². The molecule has 5 N–H and O–H groups in total. The second kappa shape index (κ2) is 8.89. The molecule has 0 aliphatic heterocycles. The first kappa shape index (κ1) is 20.6. The molecular formula is C20H17Cl2N5O2. The van der Waals surface area contributed by atoms with Crippen molar-refractivity contribution in [3.05, 3.63) is 86.8 Å². The number of nitrogens with two attached hydrogens (primary N) is 2. The maximum atomic E-state index is 12.4. The van der Waals surface area contributed by atoms with Gasteiger partial charge >= 0.3 is 0 Å². The summed E-state index contributed by atoms with van der Waals surface area (Å²) >= 11 is 12.0. The van der Waals surface area contributed by atoms with Crippen LogP contribution in [0.5, 0.6) is 0 Å². The van der Waals surface area contributed by atoms with Crippen LogP contribution >= 0.6 is 23.2 Å². The third-order valence-corrected chi connectivity index (χ3v) is 4.73. The zero-order valence-electron chi connectivity index (χ0n) is 15.2. The number of carbonyl (C=O) groups is 2. The van der Waals surface area contributed by atoms with Crippen LogP contribution < -0.4 is 16.8 Å². The Morgan fingerprint density at radius 2 is 1.79 bits per heavy atom. The van der Waals surface area contributed by atoms with Crippen LogP contribution in [0.25, 0.3) is 0 Å². The van der Waals surface area contributed by atoms with Crippen LogP contribution in [0.4, 0.5) is 5.82 Å². The smallest absolute Gasteiger partial charge is 0.271 e. The van der Waals surface area contributed by atoms with Crippen molar-refractivity contribution in [2.45, 2.75) is 13.0 Å². The quantitative estimate of drug-likeness (QED) is 0.555. The Morgan fingerprint density at radius 3 is 2.45 bits per heavy atom. The van der Waals surface area contributed by atoms with E-state index < -0.39 is 5.91 Å². The van der Waals surface area contributed by atoms with Crippen LogP contribution in [0, 0.1) is 0 Å². The van der Waals surface area contributed by atoms with Crippen molar-refractivity contribution < 1.29 is 9.59 Å². The van der Waals surface area contributed by atoms with Gasteiger partial charge in [-0.05, 0) is 35.4 Å². The fourth-order valence-electron chi connectivity index (χ4n) is 2.63. The van der Waals surface area contributed by atoms with Gasteiger partial charge in [-0.25, -0.2) is 9.97 Å². The van der Waals surface area contributed by atoms with Gasteiger partial charge in [0.15, 0.2) is 11.5 Å².